The lowest BCUT2D eigenvalue weighted by molar-refractivity contribution is -0.139. The lowest BCUT2D eigenvalue weighted by Gasteiger charge is -2.09. The fraction of sp³-hybridized carbons (Fsp3) is 0.231. The Labute approximate surface area is 112 Å². The molecule has 1 aromatic heterocycles. The van der Waals surface area contributed by atoms with E-state index in [9.17, 15) is 9.59 Å². The number of fused-ring (bicyclic) bond motifs is 1. The smallest absolute Gasteiger partial charge is 0.310 e. The zero-order chi connectivity index (χ0) is 13.3. The number of aromatic nitrogens is 1. The number of methoxy groups -OCH3 is 1. The summed E-state index contributed by atoms with van der Waals surface area (Å²) >= 11 is 3.40. The lowest BCUT2D eigenvalue weighted by Crippen LogP contribution is -2.12. The van der Waals surface area contributed by atoms with Gasteiger partial charge >= 0.3 is 5.97 Å². The summed E-state index contributed by atoms with van der Waals surface area (Å²) in [6.07, 6.45) is 0.0915. The van der Waals surface area contributed by atoms with Gasteiger partial charge in [0, 0.05) is 15.9 Å². The van der Waals surface area contributed by atoms with Gasteiger partial charge in [0.25, 0.3) is 0 Å². The first kappa shape index (κ1) is 12.8. The molecule has 2 rings (SSSR count). The molecule has 0 saturated carbocycles. The Morgan fingerprint density at radius 2 is 2.17 bits per heavy atom. The summed E-state index contributed by atoms with van der Waals surface area (Å²) in [5, 5.41) is 0.884. The Hall–Kier alpha value is -1.62. The Kier molecular flexibility index (Phi) is 3.52. The number of rotatable bonds is 2. The first-order valence-electron chi connectivity index (χ1n) is 5.40. The van der Waals surface area contributed by atoms with Crippen LogP contribution in [0.4, 0.5) is 0 Å². The van der Waals surface area contributed by atoms with E-state index in [0.29, 0.717) is 11.1 Å². The van der Waals surface area contributed by atoms with Crippen molar-refractivity contribution in [3.8, 4) is 0 Å². The minimum atomic E-state index is -0.360. The fourth-order valence-electron chi connectivity index (χ4n) is 1.97. The highest BCUT2D eigenvalue weighted by molar-refractivity contribution is 9.10. The average molecular weight is 310 g/mol. The number of esters is 1. The summed E-state index contributed by atoms with van der Waals surface area (Å²) in [7, 11) is 1.33. The van der Waals surface area contributed by atoms with Crippen molar-refractivity contribution < 1.29 is 9.53 Å². The van der Waals surface area contributed by atoms with Gasteiger partial charge in [-0.1, -0.05) is 6.07 Å². The minimum Gasteiger partial charge on any atom is -0.469 e. The topological polar surface area (TPSA) is 59.2 Å². The maximum Gasteiger partial charge on any atom is 0.310 e. The maximum atomic E-state index is 11.6. The molecule has 18 heavy (non-hydrogen) atoms. The zero-order valence-electron chi connectivity index (χ0n) is 10.0. The summed E-state index contributed by atoms with van der Waals surface area (Å²) in [6, 6.07) is 5.25. The third-order valence-corrected chi connectivity index (χ3v) is 3.46. The van der Waals surface area contributed by atoms with Crippen LogP contribution in [-0.4, -0.2) is 18.1 Å². The molecule has 2 aromatic rings. The van der Waals surface area contributed by atoms with Crippen molar-refractivity contribution in [2.75, 3.05) is 7.11 Å². The number of carbonyl (C=O) groups excluding carboxylic acids is 1. The van der Waals surface area contributed by atoms with E-state index in [1.54, 1.807) is 0 Å². The molecule has 94 valence electrons. The van der Waals surface area contributed by atoms with Crippen molar-refractivity contribution >= 4 is 32.8 Å². The second-order valence-electron chi connectivity index (χ2n) is 4.03. The van der Waals surface area contributed by atoms with Gasteiger partial charge in [0.2, 0.25) is 5.56 Å². The molecular weight excluding hydrogens is 298 g/mol. The van der Waals surface area contributed by atoms with Crippen LogP contribution in [0.25, 0.3) is 10.9 Å². The first-order chi connectivity index (χ1) is 8.52. The van der Waals surface area contributed by atoms with Crippen LogP contribution in [0.3, 0.4) is 0 Å². The van der Waals surface area contributed by atoms with Gasteiger partial charge in [0.05, 0.1) is 19.0 Å². The van der Waals surface area contributed by atoms with Crippen LogP contribution in [0, 0.1) is 6.92 Å². The van der Waals surface area contributed by atoms with Crippen molar-refractivity contribution in [2.24, 2.45) is 0 Å². The van der Waals surface area contributed by atoms with Gasteiger partial charge in [-0.15, -0.1) is 0 Å². The predicted molar refractivity (Wildman–Crippen MR) is 72.7 cm³/mol. The molecule has 0 unspecified atom stereocenters. The van der Waals surface area contributed by atoms with Crippen LogP contribution in [0.15, 0.2) is 27.5 Å². The maximum absolute atomic E-state index is 11.6. The first-order valence-corrected chi connectivity index (χ1v) is 6.20. The second kappa shape index (κ2) is 4.94. The monoisotopic (exact) mass is 309 g/mol. The van der Waals surface area contributed by atoms with E-state index < -0.39 is 0 Å². The van der Waals surface area contributed by atoms with E-state index in [0.717, 1.165) is 15.4 Å². The molecule has 0 atom stereocenters. The predicted octanol–water partition coefficient (Wildman–Crippen LogP) is 2.31. The van der Waals surface area contributed by atoms with Crippen LogP contribution >= 0.6 is 15.9 Å². The van der Waals surface area contributed by atoms with Crippen molar-refractivity contribution in [2.45, 2.75) is 13.3 Å². The van der Waals surface area contributed by atoms with E-state index in [-0.39, 0.29) is 17.9 Å². The van der Waals surface area contributed by atoms with Gasteiger partial charge in [-0.25, -0.2) is 0 Å². The second-order valence-corrected chi connectivity index (χ2v) is 4.88. The fourth-order valence-corrected chi connectivity index (χ4v) is 2.40. The number of hydrogen-bond donors (Lipinski definition) is 1. The number of aryl methyl sites for hydroxylation is 1. The van der Waals surface area contributed by atoms with Gasteiger partial charge in [-0.2, -0.15) is 0 Å². The van der Waals surface area contributed by atoms with Gasteiger partial charge < -0.3 is 9.72 Å². The number of H-pyrrole nitrogens is 1. The van der Waals surface area contributed by atoms with Gasteiger partial charge in [-0.3, -0.25) is 9.59 Å². The number of hydrogen-bond acceptors (Lipinski definition) is 3. The third kappa shape index (κ3) is 2.31. The number of aromatic amines is 1. The molecule has 4 nitrogen and oxygen atoms in total. The molecule has 0 spiro atoms. The Morgan fingerprint density at radius 3 is 2.83 bits per heavy atom. The number of halogens is 1. The molecule has 0 aliphatic heterocycles. The number of benzene rings is 1. The highest BCUT2D eigenvalue weighted by Crippen LogP contribution is 2.26. The number of nitrogens with one attached hydrogen (secondary N) is 1. The van der Waals surface area contributed by atoms with E-state index in [1.165, 1.54) is 13.2 Å². The average Bonchev–Trinajstić information content (AvgIpc) is 2.33. The lowest BCUT2D eigenvalue weighted by atomic mass is 10.0. The summed E-state index contributed by atoms with van der Waals surface area (Å²) < 4.78 is 5.45. The van der Waals surface area contributed by atoms with Gasteiger partial charge in [0.15, 0.2) is 0 Å². The third-order valence-electron chi connectivity index (χ3n) is 2.80. The zero-order valence-corrected chi connectivity index (χ0v) is 11.6. The standard InChI is InChI=1S/C13H12BrNO3/c1-7-3-4-9(14)13-12(7)8(5-10(16)15-13)6-11(17)18-2/h3-5H,6H2,1-2H3,(H,15,16). The Morgan fingerprint density at radius 1 is 1.44 bits per heavy atom. The highest BCUT2D eigenvalue weighted by atomic mass is 79.9. The van der Waals surface area contributed by atoms with Crippen molar-refractivity contribution in [3.05, 3.63) is 44.2 Å². The van der Waals surface area contributed by atoms with E-state index in [2.05, 4.69) is 25.7 Å². The van der Waals surface area contributed by atoms with Crippen LogP contribution in [0.1, 0.15) is 11.1 Å². The SMILES string of the molecule is COC(=O)Cc1cc(=O)[nH]c2c(Br)ccc(C)c12. The van der Waals surface area contributed by atoms with E-state index >= 15 is 0 Å². The summed E-state index contributed by atoms with van der Waals surface area (Å²) in [5.41, 5.74) is 2.16. The summed E-state index contributed by atoms with van der Waals surface area (Å²) in [4.78, 5) is 25.8. The molecular formula is C13H12BrNO3. The Balaban J connectivity index is 2.76. The van der Waals surface area contributed by atoms with Crippen molar-refractivity contribution in [3.63, 3.8) is 0 Å². The minimum absolute atomic E-state index is 0.0915. The van der Waals surface area contributed by atoms with E-state index in [1.807, 2.05) is 19.1 Å². The van der Waals surface area contributed by atoms with Gasteiger partial charge in [-0.05, 0) is 40.0 Å². The molecule has 1 N–H and O–H groups in total. The number of carbonyl (C=O) groups is 1. The molecule has 0 aliphatic carbocycles. The van der Waals surface area contributed by atoms with Crippen LogP contribution < -0.4 is 5.56 Å². The molecule has 0 amide bonds. The van der Waals surface area contributed by atoms with E-state index in [4.69, 9.17) is 0 Å². The quantitative estimate of drug-likeness (QED) is 0.866. The molecule has 1 heterocycles. The van der Waals surface area contributed by atoms with Crippen molar-refractivity contribution in [1.29, 1.82) is 0 Å². The van der Waals surface area contributed by atoms with Crippen LogP contribution in [0.2, 0.25) is 0 Å². The Bertz CT molecular complexity index is 676. The highest BCUT2D eigenvalue weighted by Gasteiger charge is 2.12. The molecule has 0 radical (unpaired) electrons. The molecule has 5 heteroatoms. The van der Waals surface area contributed by atoms with Gasteiger partial charge in [0.1, 0.15) is 0 Å². The normalized spacial score (nSPS) is 10.6. The molecule has 0 saturated heterocycles. The van der Waals surface area contributed by atoms with Crippen molar-refractivity contribution in [1.82, 2.24) is 4.98 Å². The summed E-state index contributed by atoms with van der Waals surface area (Å²) in [6.45, 7) is 1.94. The number of ether oxygens (including phenoxy) is 1. The summed E-state index contributed by atoms with van der Waals surface area (Å²) in [5.74, 6) is -0.360. The largest absolute Gasteiger partial charge is 0.469 e. The molecule has 0 fully saturated rings. The van der Waals surface area contributed by atoms with Crippen LogP contribution in [0.5, 0.6) is 0 Å². The molecule has 0 bridgehead atoms. The van der Waals surface area contributed by atoms with Crippen LogP contribution in [-0.2, 0) is 16.0 Å². The number of pyridine rings is 1. The molecule has 1 aromatic carbocycles. The molecule has 0 aliphatic rings.